The number of aromatic amines is 1. The minimum absolute atomic E-state index is 0.0145. The molecular weight excluding hydrogens is 324 g/mol. The molecule has 8 heteroatoms. The van der Waals surface area contributed by atoms with E-state index in [2.05, 4.69) is 21.2 Å². The molecule has 0 bridgehead atoms. The van der Waals surface area contributed by atoms with Gasteiger partial charge in [-0.1, -0.05) is 18.2 Å². The molecule has 4 N–H and O–H groups in total. The van der Waals surface area contributed by atoms with E-state index in [0.29, 0.717) is 5.56 Å². The zero-order valence-corrected chi connectivity index (χ0v) is 13.2. The van der Waals surface area contributed by atoms with Gasteiger partial charge in [0, 0.05) is 30.1 Å². The first-order chi connectivity index (χ1) is 12.1. The van der Waals surface area contributed by atoms with Crippen molar-refractivity contribution in [3.63, 3.8) is 0 Å². The van der Waals surface area contributed by atoms with E-state index in [1.165, 1.54) is 12.3 Å². The number of hydrogen-bond acceptors (Lipinski definition) is 4. The number of hydrazine groups is 1. The number of rotatable bonds is 5. The van der Waals surface area contributed by atoms with Crippen molar-refractivity contribution in [1.82, 2.24) is 21.2 Å². The van der Waals surface area contributed by atoms with Crippen molar-refractivity contribution in [3.8, 4) is 0 Å². The molecule has 0 aliphatic heterocycles. The van der Waals surface area contributed by atoms with Gasteiger partial charge in [-0.3, -0.25) is 25.2 Å². The van der Waals surface area contributed by atoms with Crippen LogP contribution in [0.25, 0.3) is 10.9 Å². The number of carbonyl (C=O) groups is 3. The Kier molecular flexibility index (Phi) is 4.79. The van der Waals surface area contributed by atoms with Crippen molar-refractivity contribution in [1.29, 1.82) is 0 Å². The second-order valence-electron chi connectivity index (χ2n) is 5.23. The second kappa shape index (κ2) is 7.35. The molecule has 0 atom stereocenters. The summed E-state index contributed by atoms with van der Waals surface area (Å²) in [5, 5.41) is 3.31. The third-order valence-electron chi connectivity index (χ3n) is 3.53. The van der Waals surface area contributed by atoms with Crippen molar-refractivity contribution >= 4 is 28.6 Å². The van der Waals surface area contributed by atoms with Gasteiger partial charge in [0.15, 0.2) is 5.76 Å². The summed E-state index contributed by atoms with van der Waals surface area (Å²) in [6.07, 6.45) is 2.98. The molecule has 0 aliphatic carbocycles. The Hall–Kier alpha value is -3.55. The molecule has 1 aromatic carbocycles. The van der Waals surface area contributed by atoms with Gasteiger partial charge in [0.2, 0.25) is 5.91 Å². The number of nitrogens with one attached hydrogen (secondary N) is 4. The van der Waals surface area contributed by atoms with Gasteiger partial charge >= 0.3 is 0 Å². The molecule has 128 valence electrons. The van der Waals surface area contributed by atoms with Gasteiger partial charge in [-0.15, -0.1) is 0 Å². The third-order valence-corrected chi connectivity index (χ3v) is 3.53. The molecule has 2 heterocycles. The third kappa shape index (κ3) is 3.86. The van der Waals surface area contributed by atoms with Gasteiger partial charge in [-0.2, -0.15) is 0 Å². The average Bonchev–Trinajstić information content (AvgIpc) is 3.29. The van der Waals surface area contributed by atoms with E-state index in [0.717, 1.165) is 10.9 Å². The molecule has 2 aromatic heterocycles. The number of para-hydroxylation sites is 1. The highest BCUT2D eigenvalue weighted by molar-refractivity contribution is 6.07. The molecule has 0 radical (unpaired) electrons. The standard InChI is InChI=1S/C17H16N4O4/c22-15(7-8-18-17(24)14-6-3-9-25-14)20-21-16(23)12-10-19-13-5-2-1-4-11(12)13/h1-6,9-10,19H,7-8H2,(H,18,24)(H,20,22)(H,21,23). The quantitative estimate of drug-likeness (QED) is 0.524. The maximum Gasteiger partial charge on any atom is 0.286 e. The number of carbonyl (C=O) groups excluding carboxylic acids is 3. The number of H-pyrrole nitrogens is 1. The summed E-state index contributed by atoms with van der Waals surface area (Å²) in [7, 11) is 0. The van der Waals surface area contributed by atoms with Gasteiger partial charge in [0.1, 0.15) is 0 Å². The van der Waals surface area contributed by atoms with Crippen molar-refractivity contribution in [2.24, 2.45) is 0 Å². The van der Waals surface area contributed by atoms with Gasteiger partial charge in [0.05, 0.1) is 11.8 Å². The van der Waals surface area contributed by atoms with E-state index >= 15 is 0 Å². The van der Waals surface area contributed by atoms with Crippen LogP contribution in [0.15, 0.2) is 53.3 Å². The lowest BCUT2D eigenvalue weighted by Gasteiger charge is -2.07. The normalized spacial score (nSPS) is 10.4. The van der Waals surface area contributed by atoms with E-state index < -0.39 is 17.7 Å². The lowest BCUT2D eigenvalue weighted by molar-refractivity contribution is -0.121. The number of fused-ring (bicyclic) bond motifs is 1. The Bertz CT molecular complexity index is 898. The maximum absolute atomic E-state index is 12.1. The van der Waals surface area contributed by atoms with Crippen molar-refractivity contribution < 1.29 is 18.8 Å². The van der Waals surface area contributed by atoms with E-state index in [9.17, 15) is 14.4 Å². The van der Waals surface area contributed by atoms with Crippen LogP contribution in [-0.2, 0) is 4.79 Å². The van der Waals surface area contributed by atoms with Gasteiger partial charge in [-0.25, -0.2) is 0 Å². The van der Waals surface area contributed by atoms with Crippen LogP contribution in [0.2, 0.25) is 0 Å². The van der Waals surface area contributed by atoms with Crippen LogP contribution in [0, 0.1) is 0 Å². The van der Waals surface area contributed by atoms with E-state index in [1.54, 1.807) is 12.3 Å². The molecule has 0 spiro atoms. The highest BCUT2D eigenvalue weighted by Crippen LogP contribution is 2.17. The first-order valence-electron chi connectivity index (χ1n) is 7.62. The maximum atomic E-state index is 12.1. The molecule has 8 nitrogen and oxygen atoms in total. The first-order valence-corrected chi connectivity index (χ1v) is 7.62. The number of benzene rings is 1. The fourth-order valence-corrected chi connectivity index (χ4v) is 2.30. The summed E-state index contributed by atoms with van der Waals surface area (Å²) in [6, 6.07) is 10.5. The zero-order valence-electron chi connectivity index (χ0n) is 13.2. The summed E-state index contributed by atoms with van der Waals surface area (Å²) in [5.74, 6) is -1.08. The fourth-order valence-electron chi connectivity index (χ4n) is 2.30. The van der Waals surface area contributed by atoms with Crippen LogP contribution >= 0.6 is 0 Å². The minimum atomic E-state index is -0.426. The molecule has 0 fully saturated rings. The monoisotopic (exact) mass is 340 g/mol. The van der Waals surface area contributed by atoms with Crippen molar-refractivity contribution in [3.05, 3.63) is 60.2 Å². The smallest absolute Gasteiger partial charge is 0.286 e. The highest BCUT2D eigenvalue weighted by atomic mass is 16.3. The Morgan fingerprint density at radius 2 is 1.84 bits per heavy atom. The lowest BCUT2D eigenvalue weighted by Crippen LogP contribution is -2.42. The predicted molar refractivity (Wildman–Crippen MR) is 89.6 cm³/mol. The van der Waals surface area contributed by atoms with Crippen LogP contribution < -0.4 is 16.2 Å². The number of hydrogen-bond donors (Lipinski definition) is 4. The minimum Gasteiger partial charge on any atom is -0.459 e. The number of furan rings is 1. The van der Waals surface area contributed by atoms with Gasteiger partial charge in [0.25, 0.3) is 11.8 Å². The van der Waals surface area contributed by atoms with E-state index in [1.807, 2.05) is 24.3 Å². The number of amides is 3. The lowest BCUT2D eigenvalue weighted by atomic mass is 10.2. The summed E-state index contributed by atoms with van der Waals surface area (Å²) in [5.41, 5.74) is 5.94. The van der Waals surface area contributed by atoms with Crippen molar-refractivity contribution in [2.75, 3.05) is 6.54 Å². The highest BCUT2D eigenvalue weighted by Gasteiger charge is 2.13. The molecule has 3 aromatic rings. The predicted octanol–water partition coefficient (Wildman–Crippen LogP) is 1.34. The van der Waals surface area contributed by atoms with Gasteiger partial charge < -0.3 is 14.7 Å². The van der Waals surface area contributed by atoms with Gasteiger partial charge in [-0.05, 0) is 18.2 Å². The van der Waals surface area contributed by atoms with Crippen molar-refractivity contribution in [2.45, 2.75) is 6.42 Å². The Morgan fingerprint density at radius 1 is 1.00 bits per heavy atom. The Morgan fingerprint density at radius 3 is 2.64 bits per heavy atom. The summed E-state index contributed by atoms with van der Waals surface area (Å²) in [4.78, 5) is 38.5. The van der Waals surface area contributed by atoms with Crippen LogP contribution in [0.3, 0.4) is 0 Å². The fraction of sp³-hybridized carbons (Fsp3) is 0.118. The molecule has 0 saturated carbocycles. The molecule has 0 saturated heterocycles. The first kappa shape index (κ1) is 16.3. The van der Waals surface area contributed by atoms with Crippen LogP contribution in [0.5, 0.6) is 0 Å². The molecule has 0 aliphatic rings. The SMILES string of the molecule is O=C(CCNC(=O)c1ccco1)NNC(=O)c1c[nH]c2ccccc12. The number of aromatic nitrogens is 1. The summed E-state index contributed by atoms with van der Waals surface area (Å²) < 4.78 is 4.94. The zero-order chi connectivity index (χ0) is 17.6. The largest absolute Gasteiger partial charge is 0.459 e. The Labute approximate surface area is 142 Å². The van der Waals surface area contributed by atoms with E-state index in [-0.39, 0.29) is 18.7 Å². The molecule has 3 rings (SSSR count). The average molecular weight is 340 g/mol. The molecule has 3 amide bonds. The second-order valence-corrected chi connectivity index (χ2v) is 5.23. The molecule has 25 heavy (non-hydrogen) atoms. The van der Waals surface area contributed by atoms with Crippen LogP contribution in [0.4, 0.5) is 0 Å². The van der Waals surface area contributed by atoms with E-state index in [4.69, 9.17) is 4.42 Å². The Balaban J connectivity index is 1.44. The van der Waals surface area contributed by atoms with Crippen LogP contribution in [0.1, 0.15) is 27.3 Å². The van der Waals surface area contributed by atoms with Crippen LogP contribution in [-0.4, -0.2) is 29.3 Å². The summed E-state index contributed by atoms with van der Waals surface area (Å²) >= 11 is 0. The molecule has 0 unspecified atom stereocenters. The summed E-state index contributed by atoms with van der Waals surface area (Å²) in [6.45, 7) is 0.119. The molecular formula is C17H16N4O4. The topological polar surface area (TPSA) is 116 Å².